The molecule has 0 bridgehead atoms. The van der Waals surface area contributed by atoms with Gasteiger partial charge < -0.3 is 10.6 Å². The quantitative estimate of drug-likeness (QED) is 0.889. The zero-order chi connectivity index (χ0) is 15.9. The van der Waals surface area contributed by atoms with E-state index < -0.39 is 0 Å². The van der Waals surface area contributed by atoms with Crippen LogP contribution < -0.4 is 10.6 Å². The first-order valence-electron chi connectivity index (χ1n) is 7.01. The Labute approximate surface area is 134 Å². The number of hydrogen-bond donors (Lipinski definition) is 2. The van der Waals surface area contributed by atoms with Crippen molar-refractivity contribution < 1.29 is 9.59 Å². The van der Waals surface area contributed by atoms with Gasteiger partial charge in [-0.05, 0) is 36.2 Å². The van der Waals surface area contributed by atoms with Gasteiger partial charge in [-0.1, -0.05) is 42.8 Å². The van der Waals surface area contributed by atoms with E-state index in [4.69, 9.17) is 11.6 Å². The topological polar surface area (TPSA) is 58.2 Å². The maximum absolute atomic E-state index is 11.9. The van der Waals surface area contributed by atoms with Gasteiger partial charge in [0.2, 0.25) is 5.91 Å². The summed E-state index contributed by atoms with van der Waals surface area (Å²) < 4.78 is 0. The van der Waals surface area contributed by atoms with Crippen LogP contribution in [0.3, 0.4) is 0 Å². The number of amides is 2. The molecule has 0 saturated heterocycles. The van der Waals surface area contributed by atoms with E-state index in [9.17, 15) is 9.59 Å². The highest BCUT2D eigenvalue weighted by Crippen LogP contribution is 2.14. The summed E-state index contributed by atoms with van der Waals surface area (Å²) in [4.78, 5) is 23.8. The van der Waals surface area contributed by atoms with E-state index >= 15 is 0 Å². The Morgan fingerprint density at radius 3 is 2.59 bits per heavy atom. The Morgan fingerprint density at radius 1 is 1.09 bits per heavy atom. The molecular weight excluding hydrogens is 300 g/mol. The molecule has 0 aliphatic heterocycles. The van der Waals surface area contributed by atoms with Crippen LogP contribution in [0.1, 0.15) is 22.8 Å². The van der Waals surface area contributed by atoms with Crippen LogP contribution in [0.5, 0.6) is 0 Å². The van der Waals surface area contributed by atoms with Crippen molar-refractivity contribution in [3.63, 3.8) is 0 Å². The zero-order valence-electron chi connectivity index (χ0n) is 12.2. The van der Waals surface area contributed by atoms with Crippen molar-refractivity contribution in [3.05, 3.63) is 64.7 Å². The van der Waals surface area contributed by atoms with Gasteiger partial charge in [0.05, 0.1) is 17.1 Å². The summed E-state index contributed by atoms with van der Waals surface area (Å²) >= 11 is 5.94. The molecule has 0 saturated carbocycles. The molecule has 2 aromatic carbocycles. The van der Waals surface area contributed by atoms with E-state index in [1.807, 2.05) is 31.2 Å². The van der Waals surface area contributed by atoms with E-state index in [0.717, 1.165) is 17.7 Å². The number of carbonyl (C=O) groups excluding carboxylic acids is 2. The van der Waals surface area contributed by atoms with Crippen LogP contribution in [0.4, 0.5) is 5.69 Å². The molecule has 0 aliphatic carbocycles. The molecule has 0 aromatic heterocycles. The van der Waals surface area contributed by atoms with Gasteiger partial charge in [-0.15, -0.1) is 0 Å². The highest BCUT2D eigenvalue weighted by molar-refractivity contribution is 6.33. The van der Waals surface area contributed by atoms with Crippen LogP contribution in [0, 0.1) is 0 Å². The lowest BCUT2D eigenvalue weighted by atomic mass is 10.1. The number of benzene rings is 2. The maximum atomic E-state index is 11.9. The zero-order valence-corrected chi connectivity index (χ0v) is 13.0. The van der Waals surface area contributed by atoms with Crippen molar-refractivity contribution in [2.24, 2.45) is 0 Å². The van der Waals surface area contributed by atoms with E-state index in [0.29, 0.717) is 10.6 Å². The van der Waals surface area contributed by atoms with Crippen molar-refractivity contribution >= 4 is 29.1 Å². The molecule has 2 aromatic rings. The number of anilines is 1. The molecule has 0 spiro atoms. The summed E-state index contributed by atoms with van der Waals surface area (Å²) in [6, 6.07) is 14.3. The molecule has 22 heavy (non-hydrogen) atoms. The number of halogens is 1. The molecule has 0 heterocycles. The van der Waals surface area contributed by atoms with Crippen LogP contribution >= 0.6 is 11.6 Å². The van der Waals surface area contributed by atoms with Crippen LogP contribution in [0.25, 0.3) is 0 Å². The lowest BCUT2D eigenvalue weighted by Crippen LogP contribution is -2.33. The van der Waals surface area contributed by atoms with Gasteiger partial charge in [0.15, 0.2) is 0 Å². The molecule has 0 aliphatic rings. The van der Waals surface area contributed by atoms with E-state index in [1.165, 1.54) is 0 Å². The Morgan fingerprint density at radius 2 is 1.86 bits per heavy atom. The lowest BCUT2D eigenvalue weighted by Gasteiger charge is -2.08. The largest absolute Gasteiger partial charge is 0.343 e. The monoisotopic (exact) mass is 316 g/mol. The molecular formula is C17H17ClN2O2. The van der Waals surface area contributed by atoms with Crippen molar-refractivity contribution in [2.45, 2.75) is 13.3 Å². The highest BCUT2D eigenvalue weighted by atomic mass is 35.5. The van der Waals surface area contributed by atoms with E-state index in [-0.39, 0.29) is 18.4 Å². The van der Waals surface area contributed by atoms with Gasteiger partial charge in [-0.3, -0.25) is 9.59 Å². The van der Waals surface area contributed by atoms with Crippen molar-refractivity contribution in [1.82, 2.24) is 5.32 Å². The third-order valence-corrected chi connectivity index (χ3v) is 3.48. The minimum absolute atomic E-state index is 0.111. The smallest absolute Gasteiger partial charge is 0.253 e. The SMILES string of the molecule is CCc1cccc(NC(=O)CNC(=O)c2ccccc2Cl)c1. The van der Waals surface area contributed by atoms with Crippen molar-refractivity contribution in [3.8, 4) is 0 Å². The van der Waals surface area contributed by atoms with Crippen LogP contribution in [-0.2, 0) is 11.2 Å². The second-order valence-corrected chi connectivity index (χ2v) is 5.17. The summed E-state index contributed by atoms with van der Waals surface area (Å²) in [5, 5.41) is 5.66. The number of nitrogens with one attached hydrogen (secondary N) is 2. The van der Waals surface area contributed by atoms with Crippen molar-refractivity contribution in [2.75, 3.05) is 11.9 Å². The molecule has 0 atom stereocenters. The molecule has 4 nitrogen and oxygen atoms in total. The lowest BCUT2D eigenvalue weighted by molar-refractivity contribution is -0.115. The molecule has 0 unspecified atom stereocenters. The van der Waals surface area contributed by atoms with Gasteiger partial charge in [0.1, 0.15) is 0 Å². The van der Waals surface area contributed by atoms with Gasteiger partial charge in [-0.2, -0.15) is 0 Å². The summed E-state index contributed by atoms with van der Waals surface area (Å²) in [7, 11) is 0. The normalized spacial score (nSPS) is 10.1. The van der Waals surface area contributed by atoms with Crippen LogP contribution in [0.2, 0.25) is 5.02 Å². The Bertz CT molecular complexity index is 686. The third-order valence-electron chi connectivity index (χ3n) is 3.15. The number of carbonyl (C=O) groups is 2. The number of rotatable bonds is 5. The van der Waals surface area contributed by atoms with Gasteiger partial charge in [0.25, 0.3) is 5.91 Å². The molecule has 2 N–H and O–H groups in total. The Kier molecular flexibility index (Phi) is 5.55. The molecule has 5 heteroatoms. The standard InChI is InChI=1S/C17H17ClN2O2/c1-2-12-6-5-7-13(10-12)20-16(21)11-19-17(22)14-8-3-4-9-15(14)18/h3-10H,2,11H2,1H3,(H,19,22)(H,20,21). The van der Waals surface area contributed by atoms with Crippen LogP contribution in [-0.4, -0.2) is 18.4 Å². The third kappa shape index (κ3) is 4.33. The average Bonchev–Trinajstić information content (AvgIpc) is 2.53. The predicted octanol–water partition coefficient (Wildman–Crippen LogP) is 3.27. The maximum Gasteiger partial charge on any atom is 0.253 e. The predicted molar refractivity (Wildman–Crippen MR) is 88.2 cm³/mol. The first-order valence-corrected chi connectivity index (χ1v) is 7.39. The minimum atomic E-state index is -0.372. The fourth-order valence-corrected chi connectivity index (χ4v) is 2.20. The first kappa shape index (κ1) is 16.0. The molecule has 114 valence electrons. The average molecular weight is 317 g/mol. The van der Waals surface area contributed by atoms with E-state index in [1.54, 1.807) is 24.3 Å². The molecule has 2 rings (SSSR count). The molecule has 0 radical (unpaired) electrons. The van der Waals surface area contributed by atoms with Gasteiger partial charge in [0, 0.05) is 5.69 Å². The second-order valence-electron chi connectivity index (χ2n) is 4.76. The number of aryl methyl sites for hydroxylation is 1. The minimum Gasteiger partial charge on any atom is -0.343 e. The summed E-state index contributed by atoms with van der Waals surface area (Å²) in [5.41, 5.74) is 2.21. The summed E-state index contributed by atoms with van der Waals surface area (Å²) in [6.45, 7) is 1.94. The second kappa shape index (κ2) is 7.61. The summed E-state index contributed by atoms with van der Waals surface area (Å²) in [6.07, 6.45) is 0.896. The Balaban J connectivity index is 1.90. The molecule has 0 fully saturated rings. The number of hydrogen-bond acceptors (Lipinski definition) is 2. The van der Waals surface area contributed by atoms with Crippen molar-refractivity contribution in [1.29, 1.82) is 0 Å². The summed E-state index contributed by atoms with van der Waals surface area (Å²) in [5.74, 6) is -0.656. The fraction of sp³-hybridized carbons (Fsp3) is 0.176. The highest BCUT2D eigenvalue weighted by Gasteiger charge is 2.11. The fourth-order valence-electron chi connectivity index (χ4n) is 1.98. The van der Waals surface area contributed by atoms with E-state index in [2.05, 4.69) is 10.6 Å². The van der Waals surface area contributed by atoms with Crippen LogP contribution in [0.15, 0.2) is 48.5 Å². The molecule has 2 amide bonds. The van der Waals surface area contributed by atoms with Gasteiger partial charge >= 0.3 is 0 Å². The first-order chi connectivity index (χ1) is 10.6. The Hall–Kier alpha value is -2.33. The van der Waals surface area contributed by atoms with Gasteiger partial charge in [-0.25, -0.2) is 0 Å².